The van der Waals surface area contributed by atoms with Gasteiger partial charge in [0.05, 0.1) is 0 Å². The molecule has 13 heavy (non-hydrogen) atoms. The molecule has 0 bridgehead atoms. The van der Waals surface area contributed by atoms with Gasteiger partial charge in [0.15, 0.2) is 5.01 Å². The second kappa shape index (κ2) is 4.27. The first-order valence-electron chi connectivity index (χ1n) is 3.64. The lowest BCUT2D eigenvalue weighted by Crippen LogP contribution is -2.10. The molecule has 6 heteroatoms. The van der Waals surface area contributed by atoms with Gasteiger partial charge in [-0.05, 0) is 6.92 Å². The monoisotopic (exact) mass is 205 g/mol. The molecule has 0 aliphatic heterocycles. The van der Waals surface area contributed by atoms with Gasteiger partial charge in [0.2, 0.25) is 5.13 Å². The highest BCUT2D eigenvalue weighted by Gasteiger charge is 2.13. The molecule has 0 spiro atoms. The Hall–Kier alpha value is -1.04. The molecule has 0 aliphatic carbocycles. The van der Waals surface area contributed by atoms with Gasteiger partial charge in [0.1, 0.15) is 0 Å². The normalized spacial score (nSPS) is 12.9. The highest BCUT2D eigenvalue weighted by molar-refractivity contribution is 7.15. The summed E-state index contributed by atoms with van der Waals surface area (Å²) in [7, 11) is 0. The first-order valence-corrected chi connectivity index (χ1v) is 4.45. The van der Waals surface area contributed by atoms with Crippen molar-refractivity contribution in [2.45, 2.75) is 19.4 Å². The van der Waals surface area contributed by atoms with Crippen LogP contribution < -0.4 is 5.32 Å². The van der Waals surface area contributed by atoms with E-state index in [0.29, 0.717) is 5.13 Å². The molecule has 1 aromatic heterocycles. The molecule has 0 radical (unpaired) electrons. The summed E-state index contributed by atoms with van der Waals surface area (Å²) in [4.78, 5) is 0. The van der Waals surface area contributed by atoms with E-state index in [0.717, 1.165) is 11.3 Å². The van der Waals surface area contributed by atoms with Crippen LogP contribution in [0.2, 0.25) is 0 Å². The molecule has 0 aromatic carbocycles. The van der Waals surface area contributed by atoms with E-state index in [4.69, 9.17) is 0 Å². The minimum atomic E-state index is -2.55. The number of hydrogen-bond acceptors (Lipinski definition) is 4. The van der Waals surface area contributed by atoms with Gasteiger partial charge in [-0.15, -0.1) is 16.8 Å². The minimum absolute atomic E-state index is 0.00141. The molecular formula is C7H9F2N3S. The number of rotatable bonds is 4. The van der Waals surface area contributed by atoms with Gasteiger partial charge in [-0.1, -0.05) is 17.4 Å². The van der Waals surface area contributed by atoms with Crippen molar-refractivity contribution in [3.63, 3.8) is 0 Å². The van der Waals surface area contributed by atoms with Gasteiger partial charge in [-0.3, -0.25) is 0 Å². The lowest BCUT2D eigenvalue weighted by molar-refractivity contribution is 0.150. The summed E-state index contributed by atoms with van der Waals surface area (Å²) < 4.78 is 24.1. The fourth-order valence-corrected chi connectivity index (χ4v) is 1.33. The van der Waals surface area contributed by atoms with Crippen LogP contribution in [0.25, 0.3) is 0 Å². The Morgan fingerprint density at radius 1 is 1.54 bits per heavy atom. The summed E-state index contributed by atoms with van der Waals surface area (Å²) in [5.41, 5.74) is 0. The average molecular weight is 205 g/mol. The number of halogens is 2. The topological polar surface area (TPSA) is 37.8 Å². The predicted octanol–water partition coefficient (Wildman–Crippen LogP) is 2.46. The van der Waals surface area contributed by atoms with Crippen molar-refractivity contribution in [2.75, 3.05) is 5.32 Å². The molecule has 0 fully saturated rings. The average Bonchev–Trinajstić information content (AvgIpc) is 2.52. The van der Waals surface area contributed by atoms with Crippen LogP contribution >= 0.6 is 11.3 Å². The first-order chi connectivity index (χ1) is 6.13. The van der Waals surface area contributed by atoms with E-state index in [2.05, 4.69) is 22.1 Å². The van der Waals surface area contributed by atoms with Crippen LogP contribution in [0.1, 0.15) is 18.4 Å². The molecule has 72 valence electrons. The Balaban J connectivity index is 2.63. The highest BCUT2D eigenvalue weighted by Crippen LogP contribution is 2.25. The van der Waals surface area contributed by atoms with Gasteiger partial charge < -0.3 is 5.32 Å². The maximum atomic E-state index is 12.1. The molecule has 1 atom stereocenters. The quantitative estimate of drug-likeness (QED) is 0.767. The van der Waals surface area contributed by atoms with Crippen LogP contribution in [-0.4, -0.2) is 16.2 Å². The Morgan fingerprint density at radius 3 is 2.69 bits per heavy atom. The lowest BCUT2D eigenvalue weighted by atomic mass is 10.3. The molecule has 1 N–H and O–H groups in total. The van der Waals surface area contributed by atoms with Crippen molar-refractivity contribution < 1.29 is 8.78 Å². The summed E-state index contributed by atoms with van der Waals surface area (Å²) in [6.07, 6.45) is -0.893. The number of hydrogen-bond donors (Lipinski definition) is 1. The smallest absolute Gasteiger partial charge is 0.291 e. The van der Waals surface area contributed by atoms with E-state index in [9.17, 15) is 8.78 Å². The zero-order valence-electron chi connectivity index (χ0n) is 7.00. The van der Waals surface area contributed by atoms with Crippen LogP contribution in [0.3, 0.4) is 0 Å². The second-order valence-electron chi connectivity index (χ2n) is 2.41. The van der Waals surface area contributed by atoms with E-state index in [1.165, 1.54) is 0 Å². The Morgan fingerprint density at radius 2 is 2.23 bits per heavy atom. The third kappa shape index (κ3) is 2.73. The van der Waals surface area contributed by atoms with Crippen LogP contribution in [0.5, 0.6) is 0 Å². The van der Waals surface area contributed by atoms with Crippen molar-refractivity contribution in [1.29, 1.82) is 0 Å². The van der Waals surface area contributed by atoms with E-state index in [1.807, 2.05) is 6.92 Å². The summed E-state index contributed by atoms with van der Waals surface area (Å²) >= 11 is 0.854. The molecule has 0 saturated carbocycles. The molecule has 0 saturated heterocycles. The van der Waals surface area contributed by atoms with Crippen molar-refractivity contribution in [3.05, 3.63) is 17.7 Å². The Labute approximate surface area is 78.5 Å². The number of aromatic nitrogens is 2. The maximum Gasteiger partial charge on any atom is 0.291 e. The second-order valence-corrected chi connectivity index (χ2v) is 3.42. The van der Waals surface area contributed by atoms with Crippen molar-refractivity contribution >= 4 is 16.5 Å². The number of nitrogens with one attached hydrogen (secondary N) is 1. The number of nitrogens with zero attached hydrogens (tertiary/aromatic N) is 2. The number of alkyl halides is 2. The van der Waals surface area contributed by atoms with Gasteiger partial charge in [-0.2, -0.15) is 0 Å². The summed E-state index contributed by atoms with van der Waals surface area (Å²) in [6, 6.07) is -0.00141. The van der Waals surface area contributed by atoms with Gasteiger partial charge in [0.25, 0.3) is 6.43 Å². The van der Waals surface area contributed by atoms with Crippen LogP contribution in [0, 0.1) is 0 Å². The zero-order valence-corrected chi connectivity index (χ0v) is 7.81. The fourth-order valence-electron chi connectivity index (χ4n) is 0.635. The molecule has 0 aliphatic rings. The van der Waals surface area contributed by atoms with Crippen LogP contribution in [0.15, 0.2) is 12.7 Å². The van der Waals surface area contributed by atoms with Crippen LogP contribution in [-0.2, 0) is 0 Å². The fraction of sp³-hybridized carbons (Fsp3) is 0.429. The molecule has 1 unspecified atom stereocenters. The van der Waals surface area contributed by atoms with Crippen molar-refractivity contribution in [2.24, 2.45) is 0 Å². The van der Waals surface area contributed by atoms with Crippen molar-refractivity contribution in [3.8, 4) is 0 Å². The minimum Gasteiger partial charge on any atom is -0.354 e. The van der Waals surface area contributed by atoms with E-state index in [-0.39, 0.29) is 11.0 Å². The maximum absolute atomic E-state index is 12.1. The van der Waals surface area contributed by atoms with Crippen LogP contribution in [0.4, 0.5) is 13.9 Å². The van der Waals surface area contributed by atoms with Gasteiger partial charge in [-0.25, -0.2) is 8.78 Å². The Kier molecular flexibility index (Phi) is 3.30. The third-order valence-electron chi connectivity index (χ3n) is 1.33. The zero-order chi connectivity index (χ0) is 9.84. The summed E-state index contributed by atoms with van der Waals surface area (Å²) in [5.74, 6) is 0. The highest BCUT2D eigenvalue weighted by atomic mass is 32.1. The molecular weight excluding hydrogens is 196 g/mol. The van der Waals surface area contributed by atoms with Gasteiger partial charge >= 0.3 is 0 Å². The van der Waals surface area contributed by atoms with Gasteiger partial charge in [0, 0.05) is 6.04 Å². The summed E-state index contributed by atoms with van der Waals surface area (Å²) in [5, 5.41) is 9.87. The summed E-state index contributed by atoms with van der Waals surface area (Å²) in [6.45, 7) is 5.39. The Bertz CT molecular complexity index is 287. The largest absolute Gasteiger partial charge is 0.354 e. The van der Waals surface area contributed by atoms with E-state index >= 15 is 0 Å². The molecule has 1 aromatic rings. The lowest BCUT2D eigenvalue weighted by Gasteiger charge is -2.04. The van der Waals surface area contributed by atoms with Crippen molar-refractivity contribution in [1.82, 2.24) is 10.2 Å². The first kappa shape index (κ1) is 10.0. The standard InChI is InChI=1S/C7H9F2N3S/c1-3-4(2)10-7-12-11-6(13-7)5(8)9/h3-5H,1H2,2H3,(H,10,12). The molecule has 1 rings (SSSR count). The number of anilines is 1. The van der Waals surface area contributed by atoms with E-state index in [1.54, 1.807) is 6.08 Å². The molecule has 0 amide bonds. The predicted molar refractivity (Wildman–Crippen MR) is 48.1 cm³/mol. The molecule has 3 nitrogen and oxygen atoms in total. The molecule has 1 heterocycles. The third-order valence-corrected chi connectivity index (χ3v) is 2.19. The van der Waals surface area contributed by atoms with E-state index < -0.39 is 6.43 Å². The SMILES string of the molecule is C=CC(C)Nc1nnc(C(F)F)s1.